The Labute approximate surface area is 137 Å². The van der Waals surface area contributed by atoms with E-state index in [9.17, 15) is 22.0 Å². The summed E-state index contributed by atoms with van der Waals surface area (Å²) in [5.74, 6) is -1.93. The Balaban J connectivity index is 1.73. The minimum Gasteiger partial charge on any atom is -0.493 e. The SMILES string of the molecule is Fc1ccc(CCCCCOc2ccccc2C(F)(F)F)cc1F. The van der Waals surface area contributed by atoms with Crippen LogP contribution in [0, 0.1) is 11.6 Å². The van der Waals surface area contributed by atoms with Crippen LogP contribution in [0.1, 0.15) is 30.4 Å². The Bertz CT molecular complexity index is 667. The third-order valence-corrected chi connectivity index (χ3v) is 3.54. The number of benzene rings is 2. The lowest BCUT2D eigenvalue weighted by molar-refractivity contribution is -0.138. The molecule has 2 aromatic rings. The monoisotopic (exact) mass is 344 g/mol. The number of halogens is 5. The molecule has 0 unspecified atom stereocenters. The molecule has 0 aliphatic heterocycles. The van der Waals surface area contributed by atoms with Crippen LogP contribution in [0.5, 0.6) is 5.75 Å². The van der Waals surface area contributed by atoms with Gasteiger partial charge in [-0.3, -0.25) is 0 Å². The average molecular weight is 344 g/mol. The lowest BCUT2D eigenvalue weighted by Gasteiger charge is -2.13. The van der Waals surface area contributed by atoms with E-state index >= 15 is 0 Å². The van der Waals surface area contributed by atoms with Gasteiger partial charge >= 0.3 is 6.18 Å². The van der Waals surface area contributed by atoms with Crippen molar-refractivity contribution in [2.24, 2.45) is 0 Å². The molecular formula is C18H17F5O. The van der Waals surface area contributed by atoms with Gasteiger partial charge in [0.1, 0.15) is 5.75 Å². The lowest BCUT2D eigenvalue weighted by Crippen LogP contribution is -2.09. The molecule has 0 spiro atoms. The van der Waals surface area contributed by atoms with Crippen LogP contribution < -0.4 is 4.74 Å². The van der Waals surface area contributed by atoms with Gasteiger partial charge in [0.05, 0.1) is 12.2 Å². The molecule has 0 aromatic heterocycles. The first-order valence-corrected chi connectivity index (χ1v) is 7.61. The van der Waals surface area contributed by atoms with Crippen molar-refractivity contribution in [3.05, 3.63) is 65.2 Å². The number of rotatable bonds is 7. The molecule has 0 radical (unpaired) electrons. The van der Waals surface area contributed by atoms with E-state index in [-0.39, 0.29) is 12.4 Å². The number of hydrogen-bond acceptors (Lipinski definition) is 1. The maximum absolute atomic E-state index is 13.0. The lowest BCUT2D eigenvalue weighted by atomic mass is 10.1. The normalized spacial score (nSPS) is 11.5. The molecule has 0 saturated heterocycles. The van der Waals surface area contributed by atoms with Crippen molar-refractivity contribution < 1.29 is 26.7 Å². The van der Waals surface area contributed by atoms with Gasteiger partial charge in [-0.1, -0.05) is 18.2 Å². The van der Waals surface area contributed by atoms with Gasteiger partial charge in [0.15, 0.2) is 11.6 Å². The summed E-state index contributed by atoms with van der Waals surface area (Å²) < 4.78 is 69.4. The summed E-state index contributed by atoms with van der Waals surface area (Å²) in [6.07, 6.45) is -1.85. The summed E-state index contributed by atoms with van der Waals surface area (Å²) >= 11 is 0. The number of ether oxygens (including phenoxy) is 1. The van der Waals surface area contributed by atoms with Crippen molar-refractivity contribution in [2.75, 3.05) is 6.61 Å². The summed E-state index contributed by atoms with van der Waals surface area (Å²) in [5, 5.41) is 0. The quantitative estimate of drug-likeness (QED) is 0.457. The second-order valence-electron chi connectivity index (χ2n) is 5.40. The highest BCUT2D eigenvalue weighted by Gasteiger charge is 2.33. The van der Waals surface area contributed by atoms with Gasteiger partial charge in [0.2, 0.25) is 0 Å². The smallest absolute Gasteiger partial charge is 0.419 e. The highest BCUT2D eigenvalue weighted by Crippen LogP contribution is 2.35. The highest BCUT2D eigenvalue weighted by molar-refractivity contribution is 5.35. The topological polar surface area (TPSA) is 9.23 Å². The van der Waals surface area contributed by atoms with Gasteiger partial charge in [-0.05, 0) is 55.5 Å². The zero-order valence-corrected chi connectivity index (χ0v) is 12.9. The summed E-state index contributed by atoms with van der Waals surface area (Å²) in [7, 11) is 0. The van der Waals surface area contributed by atoms with E-state index in [0.29, 0.717) is 24.8 Å². The van der Waals surface area contributed by atoms with Crippen LogP contribution in [0.2, 0.25) is 0 Å². The highest BCUT2D eigenvalue weighted by atomic mass is 19.4. The fourth-order valence-electron chi connectivity index (χ4n) is 2.31. The number of aryl methyl sites for hydroxylation is 1. The standard InChI is InChI=1S/C18H17F5O/c19-15-10-9-13(12-16(15)20)6-2-1-5-11-24-17-8-4-3-7-14(17)18(21,22)23/h3-4,7-10,12H,1-2,5-6,11H2. The van der Waals surface area contributed by atoms with E-state index in [1.165, 1.54) is 24.3 Å². The Hall–Kier alpha value is -2.11. The molecule has 24 heavy (non-hydrogen) atoms. The summed E-state index contributed by atoms with van der Waals surface area (Å²) in [4.78, 5) is 0. The molecule has 0 bridgehead atoms. The average Bonchev–Trinajstić information content (AvgIpc) is 2.53. The van der Waals surface area contributed by atoms with E-state index < -0.39 is 23.4 Å². The maximum atomic E-state index is 13.0. The molecule has 0 amide bonds. The molecule has 130 valence electrons. The van der Waals surface area contributed by atoms with Gasteiger partial charge in [-0.25, -0.2) is 8.78 Å². The van der Waals surface area contributed by atoms with Gasteiger partial charge in [-0.15, -0.1) is 0 Å². The molecule has 2 aromatic carbocycles. The fourth-order valence-corrected chi connectivity index (χ4v) is 2.31. The molecule has 2 rings (SSSR count). The molecule has 0 aliphatic rings. The van der Waals surface area contributed by atoms with Crippen LogP contribution >= 0.6 is 0 Å². The second-order valence-corrected chi connectivity index (χ2v) is 5.40. The molecule has 0 saturated carbocycles. The first-order chi connectivity index (χ1) is 11.4. The van der Waals surface area contributed by atoms with E-state index in [1.54, 1.807) is 0 Å². The minimum absolute atomic E-state index is 0.172. The van der Waals surface area contributed by atoms with Crippen molar-refractivity contribution in [1.82, 2.24) is 0 Å². The summed E-state index contributed by atoms with van der Waals surface area (Å²) in [6, 6.07) is 8.86. The fraction of sp³-hybridized carbons (Fsp3) is 0.333. The van der Waals surface area contributed by atoms with Crippen LogP contribution in [-0.4, -0.2) is 6.61 Å². The molecule has 0 atom stereocenters. The third kappa shape index (κ3) is 5.22. The second kappa shape index (κ2) is 8.13. The number of alkyl halides is 3. The van der Waals surface area contributed by atoms with E-state index in [2.05, 4.69) is 0 Å². The van der Waals surface area contributed by atoms with E-state index in [4.69, 9.17) is 4.74 Å². The molecule has 1 nitrogen and oxygen atoms in total. The molecule has 0 aliphatic carbocycles. The number of unbranched alkanes of at least 4 members (excludes halogenated alkanes) is 2. The van der Waals surface area contributed by atoms with Crippen molar-refractivity contribution in [2.45, 2.75) is 31.9 Å². The van der Waals surface area contributed by atoms with Gasteiger partial charge in [-0.2, -0.15) is 13.2 Å². The predicted octanol–water partition coefficient (Wildman–Crippen LogP) is 5.78. The molecule has 6 heteroatoms. The van der Waals surface area contributed by atoms with Crippen LogP contribution in [-0.2, 0) is 12.6 Å². The summed E-state index contributed by atoms with van der Waals surface area (Å²) in [5.41, 5.74) is -0.0935. The Kier molecular flexibility index (Phi) is 6.17. The van der Waals surface area contributed by atoms with Crippen molar-refractivity contribution in [3.8, 4) is 5.75 Å². The van der Waals surface area contributed by atoms with Gasteiger partial charge in [0, 0.05) is 0 Å². The zero-order chi connectivity index (χ0) is 17.6. The predicted molar refractivity (Wildman–Crippen MR) is 80.9 cm³/mol. The minimum atomic E-state index is -4.44. The molecule has 0 fully saturated rings. The molecule has 0 N–H and O–H groups in total. The summed E-state index contributed by atoms with van der Waals surface area (Å²) in [6.45, 7) is 0.172. The van der Waals surface area contributed by atoms with Crippen molar-refractivity contribution in [1.29, 1.82) is 0 Å². The Morgan fingerprint density at radius 2 is 1.58 bits per heavy atom. The first-order valence-electron chi connectivity index (χ1n) is 7.61. The number of hydrogen-bond donors (Lipinski definition) is 0. The van der Waals surface area contributed by atoms with Gasteiger partial charge in [0.25, 0.3) is 0 Å². The van der Waals surface area contributed by atoms with E-state index in [0.717, 1.165) is 24.6 Å². The third-order valence-electron chi connectivity index (χ3n) is 3.54. The van der Waals surface area contributed by atoms with Crippen LogP contribution in [0.4, 0.5) is 22.0 Å². The largest absolute Gasteiger partial charge is 0.493 e. The van der Waals surface area contributed by atoms with Crippen molar-refractivity contribution >= 4 is 0 Å². The van der Waals surface area contributed by atoms with Crippen LogP contribution in [0.25, 0.3) is 0 Å². The maximum Gasteiger partial charge on any atom is 0.419 e. The molecular weight excluding hydrogens is 327 g/mol. The van der Waals surface area contributed by atoms with Crippen molar-refractivity contribution in [3.63, 3.8) is 0 Å². The van der Waals surface area contributed by atoms with Gasteiger partial charge < -0.3 is 4.74 Å². The van der Waals surface area contributed by atoms with Crippen LogP contribution in [0.3, 0.4) is 0 Å². The van der Waals surface area contributed by atoms with E-state index in [1.807, 2.05) is 0 Å². The first kappa shape index (κ1) is 18.2. The number of para-hydroxylation sites is 1. The Morgan fingerprint density at radius 3 is 2.29 bits per heavy atom. The van der Waals surface area contributed by atoms with Crippen LogP contribution in [0.15, 0.2) is 42.5 Å². The zero-order valence-electron chi connectivity index (χ0n) is 12.9. The molecule has 0 heterocycles. The Morgan fingerprint density at radius 1 is 0.833 bits per heavy atom.